The molecule has 0 radical (unpaired) electrons. The number of benzene rings is 3. The average Bonchev–Trinajstić information content (AvgIpc) is 2.77. The molecule has 0 saturated heterocycles. The van der Waals surface area contributed by atoms with Crippen LogP contribution in [-0.4, -0.2) is 31.7 Å². The van der Waals surface area contributed by atoms with Gasteiger partial charge in [0.25, 0.3) is 5.91 Å². The van der Waals surface area contributed by atoms with Crippen LogP contribution in [-0.2, 0) is 0 Å². The van der Waals surface area contributed by atoms with Gasteiger partial charge in [-0.25, -0.2) is 0 Å². The third-order valence-electron chi connectivity index (χ3n) is 4.20. The van der Waals surface area contributed by atoms with Crippen molar-refractivity contribution in [1.82, 2.24) is 0 Å². The summed E-state index contributed by atoms with van der Waals surface area (Å²) in [6.45, 7) is 0. The summed E-state index contributed by atoms with van der Waals surface area (Å²) in [7, 11) is 3.11. The van der Waals surface area contributed by atoms with E-state index in [1.54, 1.807) is 50.6 Å². The van der Waals surface area contributed by atoms with E-state index >= 15 is 0 Å². The van der Waals surface area contributed by atoms with Gasteiger partial charge in [-0.15, -0.1) is 11.8 Å². The first-order valence-electron chi connectivity index (χ1n) is 8.95. The second-order valence-corrected chi connectivity index (χ2v) is 7.17. The Balaban J connectivity index is 1.65. The maximum absolute atomic E-state index is 12.5. The largest absolute Gasteiger partial charge is 0.497 e. The molecule has 3 aromatic rings. The highest BCUT2D eigenvalue weighted by Gasteiger charge is 2.12. The molecule has 0 spiro atoms. The lowest BCUT2D eigenvalue weighted by Crippen LogP contribution is -2.12. The number of Topliss-reactive ketones (excluding diaryl/α,β-unsaturated/α-hetero) is 1. The van der Waals surface area contributed by atoms with Crippen LogP contribution >= 0.6 is 11.8 Å². The van der Waals surface area contributed by atoms with Gasteiger partial charge in [-0.1, -0.05) is 24.3 Å². The monoisotopic (exact) mass is 407 g/mol. The summed E-state index contributed by atoms with van der Waals surface area (Å²) in [6, 6.07) is 21.5. The van der Waals surface area contributed by atoms with Crippen molar-refractivity contribution < 1.29 is 19.1 Å². The van der Waals surface area contributed by atoms with Crippen LogP contribution in [0.5, 0.6) is 11.5 Å². The number of methoxy groups -OCH3 is 2. The van der Waals surface area contributed by atoms with Gasteiger partial charge in [0.1, 0.15) is 11.5 Å². The van der Waals surface area contributed by atoms with Gasteiger partial charge in [-0.2, -0.15) is 0 Å². The molecular weight excluding hydrogens is 386 g/mol. The summed E-state index contributed by atoms with van der Waals surface area (Å²) in [5.41, 5.74) is 1.73. The molecule has 148 valence electrons. The summed E-state index contributed by atoms with van der Waals surface area (Å²) in [6.07, 6.45) is 0. The topological polar surface area (TPSA) is 64.6 Å². The molecule has 0 saturated carbocycles. The predicted molar refractivity (Wildman–Crippen MR) is 115 cm³/mol. The van der Waals surface area contributed by atoms with Gasteiger partial charge < -0.3 is 14.8 Å². The number of hydrogen-bond donors (Lipinski definition) is 1. The highest BCUT2D eigenvalue weighted by atomic mass is 32.2. The van der Waals surface area contributed by atoms with Crippen molar-refractivity contribution in [3.8, 4) is 11.5 Å². The molecule has 1 amide bonds. The number of carbonyl (C=O) groups is 2. The van der Waals surface area contributed by atoms with Gasteiger partial charge in [-0.05, 0) is 48.5 Å². The lowest BCUT2D eigenvalue weighted by atomic mass is 10.1. The average molecular weight is 407 g/mol. The number of para-hydroxylation sites is 1. The van der Waals surface area contributed by atoms with E-state index in [0.29, 0.717) is 28.3 Å². The zero-order valence-corrected chi connectivity index (χ0v) is 17.0. The molecule has 0 heterocycles. The molecule has 6 heteroatoms. The lowest BCUT2D eigenvalue weighted by molar-refractivity contribution is 0.101. The fourth-order valence-electron chi connectivity index (χ4n) is 2.73. The van der Waals surface area contributed by atoms with E-state index in [2.05, 4.69) is 5.32 Å². The Morgan fingerprint density at radius 3 is 2.48 bits per heavy atom. The molecule has 0 atom stereocenters. The molecule has 0 aliphatic rings. The fourth-order valence-corrected chi connectivity index (χ4v) is 3.57. The zero-order valence-electron chi connectivity index (χ0n) is 16.2. The Morgan fingerprint density at radius 1 is 0.897 bits per heavy atom. The Morgan fingerprint density at radius 2 is 1.69 bits per heavy atom. The van der Waals surface area contributed by atoms with Gasteiger partial charge in [0, 0.05) is 16.1 Å². The van der Waals surface area contributed by atoms with Gasteiger partial charge in [-0.3, -0.25) is 9.59 Å². The third kappa shape index (κ3) is 5.39. The minimum Gasteiger partial charge on any atom is -0.497 e. The number of thioether (sulfide) groups is 1. The summed E-state index contributed by atoms with van der Waals surface area (Å²) in [4.78, 5) is 25.9. The van der Waals surface area contributed by atoms with Crippen LogP contribution in [0.25, 0.3) is 0 Å². The van der Waals surface area contributed by atoms with E-state index < -0.39 is 0 Å². The van der Waals surface area contributed by atoms with Gasteiger partial charge in [0.2, 0.25) is 0 Å². The SMILES string of the molecule is COc1cccc(C(=O)Nc2cccc(SCC(=O)c3ccccc3OC)c2)c1. The van der Waals surface area contributed by atoms with Crippen LogP contribution in [0.1, 0.15) is 20.7 Å². The Bertz CT molecular complexity index is 1020. The molecule has 5 nitrogen and oxygen atoms in total. The minimum atomic E-state index is -0.226. The van der Waals surface area contributed by atoms with Crippen LogP contribution in [0.2, 0.25) is 0 Å². The highest BCUT2D eigenvalue weighted by Crippen LogP contribution is 2.25. The molecule has 0 aliphatic heterocycles. The number of rotatable bonds is 8. The fraction of sp³-hybridized carbons (Fsp3) is 0.130. The van der Waals surface area contributed by atoms with E-state index in [1.807, 2.05) is 36.4 Å². The molecule has 0 fully saturated rings. The Kier molecular flexibility index (Phi) is 6.92. The molecule has 0 aromatic heterocycles. The predicted octanol–water partition coefficient (Wildman–Crippen LogP) is 4.93. The van der Waals surface area contributed by atoms with Crippen molar-refractivity contribution >= 4 is 29.1 Å². The van der Waals surface area contributed by atoms with Crippen LogP contribution in [0, 0.1) is 0 Å². The molecule has 1 N–H and O–H groups in total. The molecule has 3 aromatic carbocycles. The third-order valence-corrected chi connectivity index (χ3v) is 5.19. The van der Waals surface area contributed by atoms with Crippen molar-refractivity contribution in [2.24, 2.45) is 0 Å². The quantitative estimate of drug-likeness (QED) is 0.424. The van der Waals surface area contributed by atoms with E-state index in [0.717, 1.165) is 4.90 Å². The minimum absolute atomic E-state index is 0.0155. The smallest absolute Gasteiger partial charge is 0.255 e. The maximum Gasteiger partial charge on any atom is 0.255 e. The van der Waals surface area contributed by atoms with Crippen LogP contribution in [0.3, 0.4) is 0 Å². The van der Waals surface area contributed by atoms with Crippen molar-refractivity contribution in [2.45, 2.75) is 4.90 Å². The van der Waals surface area contributed by atoms with Crippen molar-refractivity contribution in [3.63, 3.8) is 0 Å². The highest BCUT2D eigenvalue weighted by molar-refractivity contribution is 8.00. The Labute approximate surface area is 174 Å². The number of amides is 1. The lowest BCUT2D eigenvalue weighted by Gasteiger charge is -2.09. The molecule has 0 aliphatic carbocycles. The molecular formula is C23H21NO4S. The first-order valence-corrected chi connectivity index (χ1v) is 9.94. The molecule has 29 heavy (non-hydrogen) atoms. The second-order valence-electron chi connectivity index (χ2n) is 6.13. The molecule has 3 rings (SSSR count). The summed E-state index contributed by atoms with van der Waals surface area (Å²) in [5.74, 6) is 1.22. The zero-order chi connectivity index (χ0) is 20.6. The van der Waals surface area contributed by atoms with Gasteiger partial charge in [0.05, 0.1) is 25.5 Å². The standard InChI is InChI=1S/C23H21NO4S/c1-27-18-9-5-7-16(13-18)23(26)24-17-8-6-10-19(14-17)29-15-21(25)20-11-3-4-12-22(20)28-2/h3-14H,15H2,1-2H3,(H,24,26). The maximum atomic E-state index is 12.5. The number of ketones is 1. The number of hydrogen-bond acceptors (Lipinski definition) is 5. The second kappa shape index (κ2) is 9.80. The first kappa shape index (κ1) is 20.5. The van der Waals surface area contributed by atoms with Crippen LogP contribution in [0.4, 0.5) is 5.69 Å². The summed E-state index contributed by atoms with van der Waals surface area (Å²) < 4.78 is 10.4. The summed E-state index contributed by atoms with van der Waals surface area (Å²) >= 11 is 1.41. The number of anilines is 1. The van der Waals surface area contributed by atoms with Crippen molar-refractivity contribution in [1.29, 1.82) is 0 Å². The summed E-state index contributed by atoms with van der Waals surface area (Å²) in [5, 5.41) is 2.87. The van der Waals surface area contributed by atoms with E-state index in [-0.39, 0.29) is 17.4 Å². The number of ether oxygens (including phenoxy) is 2. The normalized spacial score (nSPS) is 10.3. The number of nitrogens with one attached hydrogen (secondary N) is 1. The van der Waals surface area contributed by atoms with Crippen LogP contribution < -0.4 is 14.8 Å². The van der Waals surface area contributed by atoms with Crippen molar-refractivity contribution in [3.05, 3.63) is 83.9 Å². The Hall–Kier alpha value is -3.25. The van der Waals surface area contributed by atoms with E-state index in [1.165, 1.54) is 11.8 Å². The first-order chi connectivity index (χ1) is 14.1. The van der Waals surface area contributed by atoms with E-state index in [9.17, 15) is 9.59 Å². The van der Waals surface area contributed by atoms with E-state index in [4.69, 9.17) is 9.47 Å². The number of carbonyl (C=O) groups excluding carboxylic acids is 2. The van der Waals surface area contributed by atoms with Gasteiger partial charge in [0.15, 0.2) is 5.78 Å². The van der Waals surface area contributed by atoms with Crippen LogP contribution in [0.15, 0.2) is 77.7 Å². The van der Waals surface area contributed by atoms with Gasteiger partial charge >= 0.3 is 0 Å². The molecule has 0 unspecified atom stereocenters. The van der Waals surface area contributed by atoms with Crippen molar-refractivity contribution in [2.75, 3.05) is 25.3 Å². The molecule has 0 bridgehead atoms.